The minimum absolute atomic E-state index is 0.0903. The predicted molar refractivity (Wildman–Crippen MR) is 66.1 cm³/mol. The molecule has 8 nitrogen and oxygen atoms in total. The zero-order chi connectivity index (χ0) is 13.9. The number of nitrogens with one attached hydrogen (secondary N) is 1. The van der Waals surface area contributed by atoms with Gasteiger partial charge in [0.05, 0.1) is 4.92 Å². The molecule has 1 aromatic heterocycles. The van der Waals surface area contributed by atoms with Crippen LogP contribution in [0.3, 0.4) is 0 Å². The Bertz CT molecular complexity index is 468. The fourth-order valence-corrected chi connectivity index (χ4v) is 1.60. The summed E-state index contributed by atoms with van der Waals surface area (Å²) in [6, 6.07) is -0.700. The molecule has 18 heavy (non-hydrogen) atoms. The molecule has 0 bridgehead atoms. The molecule has 1 aromatic rings. The smallest absolute Gasteiger partial charge is 0.334 e. The number of rotatable bonds is 6. The molecule has 0 aliphatic carbocycles. The van der Waals surface area contributed by atoms with E-state index in [9.17, 15) is 14.9 Å². The number of aryl methyl sites for hydroxylation is 2. The zero-order valence-corrected chi connectivity index (χ0v) is 10.6. The lowest BCUT2D eigenvalue weighted by Gasteiger charge is -2.10. The van der Waals surface area contributed by atoms with E-state index in [2.05, 4.69) is 10.4 Å². The summed E-state index contributed by atoms with van der Waals surface area (Å²) >= 11 is 0. The number of hydrogen-bond acceptors (Lipinski definition) is 5. The maximum Gasteiger partial charge on any atom is 0.334 e. The van der Waals surface area contributed by atoms with Gasteiger partial charge in [-0.05, 0) is 13.3 Å². The van der Waals surface area contributed by atoms with Crippen LogP contribution < -0.4 is 11.1 Å². The van der Waals surface area contributed by atoms with Crippen molar-refractivity contribution in [2.24, 2.45) is 12.8 Å². The van der Waals surface area contributed by atoms with Crippen molar-refractivity contribution in [1.82, 2.24) is 9.78 Å². The molecule has 0 fully saturated rings. The first kappa shape index (κ1) is 13.9. The van der Waals surface area contributed by atoms with E-state index in [0.717, 1.165) is 6.42 Å². The Morgan fingerprint density at radius 3 is 2.72 bits per heavy atom. The van der Waals surface area contributed by atoms with Gasteiger partial charge in [0.1, 0.15) is 11.7 Å². The summed E-state index contributed by atoms with van der Waals surface area (Å²) in [7, 11) is 1.59. The molecule has 0 saturated heterocycles. The van der Waals surface area contributed by atoms with E-state index in [1.165, 1.54) is 4.68 Å². The summed E-state index contributed by atoms with van der Waals surface area (Å²) in [5.41, 5.74) is 5.44. The molecule has 0 aliphatic rings. The molecule has 1 unspecified atom stereocenters. The summed E-state index contributed by atoms with van der Waals surface area (Å²) in [4.78, 5) is 21.6. The minimum atomic E-state index is -0.700. The highest BCUT2D eigenvalue weighted by Gasteiger charge is 2.27. The maximum atomic E-state index is 11.1. The Hall–Kier alpha value is -2.12. The van der Waals surface area contributed by atoms with Gasteiger partial charge in [-0.3, -0.25) is 14.9 Å². The van der Waals surface area contributed by atoms with E-state index in [-0.39, 0.29) is 11.5 Å². The summed E-state index contributed by atoms with van der Waals surface area (Å²) in [5, 5.41) is 17.9. The molecule has 1 atom stereocenters. The average Bonchev–Trinajstić information content (AvgIpc) is 2.55. The molecule has 8 heteroatoms. The van der Waals surface area contributed by atoms with Crippen molar-refractivity contribution >= 4 is 17.4 Å². The van der Waals surface area contributed by atoms with Gasteiger partial charge in [0.2, 0.25) is 11.7 Å². The fraction of sp³-hybridized carbons (Fsp3) is 0.600. The van der Waals surface area contributed by atoms with Crippen LogP contribution >= 0.6 is 0 Å². The van der Waals surface area contributed by atoms with Gasteiger partial charge >= 0.3 is 5.69 Å². The molecular weight excluding hydrogens is 238 g/mol. The number of nitrogens with two attached hydrogens (primary N) is 1. The van der Waals surface area contributed by atoms with Crippen molar-refractivity contribution in [3.8, 4) is 0 Å². The molecule has 100 valence electrons. The molecule has 1 rings (SSSR count). The summed E-state index contributed by atoms with van der Waals surface area (Å²) < 4.78 is 1.36. The Labute approximate surface area is 104 Å². The summed E-state index contributed by atoms with van der Waals surface area (Å²) in [6.45, 7) is 3.45. The van der Waals surface area contributed by atoms with Crippen molar-refractivity contribution in [3.63, 3.8) is 0 Å². The molecule has 3 N–H and O–H groups in total. The van der Waals surface area contributed by atoms with Crippen molar-refractivity contribution in [2.75, 3.05) is 5.32 Å². The maximum absolute atomic E-state index is 11.1. The van der Waals surface area contributed by atoms with Crippen LogP contribution in [0.5, 0.6) is 0 Å². The zero-order valence-electron chi connectivity index (χ0n) is 10.6. The van der Waals surface area contributed by atoms with Crippen LogP contribution in [0.4, 0.5) is 11.5 Å². The largest absolute Gasteiger partial charge is 0.368 e. The van der Waals surface area contributed by atoms with Crippen molar-refractivity contribution in [3.05, 3.63) is 15.8 Å². The van der Waals surface area contributed by atoms with Crippen LogP contribution in [0.2, 0.25) is 0 Å². The average molecular weight is 255 g/mol. The normalized spacial score (nSPS) is 12.2. The number of amides is 1. The lowest BCUT2D eigenvalue weighted by Crippen LogP contribution is -2.33. The van der Waals surface area contributed by atoms with E-state index < -0.39 is 16.9 Å². The van der Waals surface area contributed by atoms with Crippen LogP contribution in [-0.4, -0.2) is 26.7 Å². The van der Waals surface area contributed by atoms with Gasteiger partial charge in [-0.2, -0.15) is 5.10 Å². The van der Waals surface area contributed by atoms with E-state index in [4.69, 9.17) is 5.73 Å². The molecule has 0 saturated carbocycles. The highest BCUT2D eigenvalue weighted by molar-refractivity contribution is 5.83. The monoisotopic (exact) mass is 255 g/mol. The number of anilines is 1. The number of primary amides is 1. The highest BCUT2D eigenvalue weighted by Crippen LogP contribution is 2.29. The standard InChI is InChI=1S/C10H17N5O3/c1-4-5-7-8(15(17)18)10(14(3)13-7)12-6(2)9(11)16/h6,12H,4-5H2,1-3H3,(H2,11,16). The lowest BCUT2D eigenvalue weighted by molar-refractivity contribution is -0.384. The molecule has 1 amide bonds. The Balaban J connectivity index is 3.17. The number of aromatic nitrogens is 2. The third kappa shape index (κ3) is 2.76. The molecule has 1 heterocycles. The quantitative estimate of drug-likeness (QED) is 0.569. The van der Waals surface area contributed by atoms with Gasteiger partial charge in [0.15, 0.2) is 0 Å². The Morgan fingerprint density at radius 1 is 1.67 bits per heavy atom. The van der Waals surface area contributed by atoms with Crippen LogP contribution in [0.1, 0.15) is 26.0 Å². The first-order valence-electron chi connectivity index (χ1n) is 5.64. The van der Waals surface area contributed by atoms with Crippen LogP contribution in [-0.2, 0) is 18.3 Å². The molecule has 0 aliphatic heterocycles. The number of carbonyl (C=O) groups excluding carboxylic acids is 1. The number of nitrogens with zero attached hydrogens (tertiary/aromatic N) is 3. The molecule has 0 aromatic carbocycles. The lowest BCUT2D eigenvalue weighted by atomic mass is 10.2. The summed E-state index contributed by atoms with van der Waals surface area (Å²) in [6.07, 6.45) is 1.26. The number of nitro groups is 1. The van der Waals surface area contributed by atoms with Gasteiger partial charge in [-0.1, -0.05) is 13.3 Å². The van der Waals surface area contributed by atoms with Gasteiger partial charge in [-0.25, -0.2) is 4.68 Å². The summed E-state index contributed by atoms with van der Waals surface area (Å²) in [5.74, 6) is -0.378. The van der Waals surface area contributed by atoms with Crippen LogP contribution in [0.15, 0.2) is 0 Å². The fourth-order valence-electron chi connectivity index (χ4n) is 1.60. The Kier molecular flexibility index (Phi) is 4.24. The second-order valence-electron chi connectivity index (χ2n) is 4.04. The van der Waals surface area contributed by atoms with E-state index >= 15 is 0 Å². The second-order valence-corrected chi connectivity index (χ2v) is 4.04. The van der Waals surface area contributed by atoms with E-state index in [1.54, 1.807) is 14.0 Å². The van der Waals surface area contributed by atoms with Crippen molar-refractivity contribution in [2.45, 2.75) is 32.7 Å². The Morgan fingerprint density at radius 2 is 2.28 bits per heavy atom. The third-order valence-corrected chi connectivity index (χ3v) is 2.54. The number of hydrogen-bond donors (Lipinski definition) is 2. The van der Waals surface area contributed by atoms with E-state index in [1.807, 2.05) is 6.92 Å². The minimum Gasteiger partial charge on any atom is -0.368 e. The first-order valence-corrected chi connectivity index (χ1v) is 5.64. The van der Waals surface area contributed by atoms with Crippen LogP contribution in [0.25, 0.3) is 0 Å². The first-order chi connectivity index (χ1) is 8.38. The van der Waals surface area contributed by atoms with Crippen molar-refractivity contribution < 1.29 is 9.72 Å². The number of carbonyl (C=O) groups is 1. The third-order valence-electron chi connectivity index (χ3n) is 2.54. The van der Waals surface area contributed by atoms with Crippen LogP contribution in [0, 0.1) is 10.1 Å². The molecule has 0 spiro atoms. The van der Waals surface area contributed by atoms with Gasteiger partial charge in [-0.15, -0.1) is 0 Å². The van der Waals surface area contributed by atoms with Gasteiger partial charge in [0.25, 0.3) is 0 Å². The van der Waals surface area contributed by atoms with Crippen molar-refractivity contribution in [1.29, 1.82) is 0 Å². The predicted octanol–water partition coefficient (Wildman–Crippen LogP) is 0.567. The van der Waals surface area contributed by atoms with Gasteiger partial charge < -0.3 is 11.1 Å². The second kappa shape index (κ2) is 5.48. The molecule has 0 radical (unpaired) electrons. The molecular formula is C10H17N5O3. The van der Waals surface area contributed by atoms with Gasteiger partial charge in [0, 0.05) is 7.05 Å². The highest BCUT2D eigenvalue weighted by atomic mass is 16.6. The SMILES string of the molecule is CCCc1nn(C)c(NC(C)C(N)=O)c1[N+](=O)[O-]. The topological polar surface area (TPSA) is 116 Å². The van der Waals surface area contributed by atoms with E-state index in [0.29, 0.717) is 12.1 Å².